The summed E-state index contributed by atoms with van der Waals surface area (Å²) < 4.78 is 18.9. The maximum Gasteiger partial charge on any atom is 0.165 e. The highest BCUT2D eigenvalue weighted by atomic mass is 32.1. The van der Waals surface area contributed by atoms with Gasteiger partial charge in [-0.25, -0.2) is 14.4 Å². The normalized spacial score (nSPS) is 12.4. The largest absolute Gasteiger partial charge is 0.494 e. The Hall–Kier alpha value is -2.21. The van der Waals surface area contributed by atoms with Gasteiger partial charge < -0.3 is 10.1 Å². The number of nitrogens with zero attached hydrogens (tertiary/aromatic N) is 2. The number of benzene rings is 1. The molecule has 0 unspecified atom stereocenters. The lowest BCUT2D eigenvalue weighted by Crippen LogP contribution is -2.09. The highest BCUT2D eigenvalue weighted by molar-refractivity contribution is 7.18. The molecule has 120 valence electrons. The molecule has 0 spiro atoms. The lowest BCUT2D eigenvalue weighted by Gasteiger charge is -2.16. The van der Waals surface area contributed by atoms with Gasteiger partial charge in [0.15, 0.2) is 11.6 Å². The second-order valence-electron chi connectivity index (χ2n) is 5.45. The van der Waals surface area contributed by atoms with Crippen molar-refractivity contribution in [3.8, 4) is 5.75 Å². The number of nitrogens with one attached hydrogen (secondary N) is 1. The van der Waals surface area contributed by atoms with Crippen LogP contribution >= 0.6 is 11.3 Å². The van der Waals surface area contributed by atoms with Gasteiger partial charge >= 0.3 is 0 Å². The summed E-state index contributed by atoms with van der Waals surface area (Å²) in [6.07, 6.45) is 1.56. The quantitative estimate of drug-likeness (QED) is 0.757. The summed E-state index contributed by atoms with van der Waals surface area (Å²) in [5.41, 5.74) is 2.01. The Bertz CT molecular complexity index is 862. The van der Waals surface area contributed by atoms with E-state index in [2.05, 4.69) is 29.1 Å². The summed E-state index contributed by atoms with van der Waals surface area (Å²) in [6, 6.07) is 4.89. The minimum atomic E-state index is -0.367. The van der Waals surface area contributed by atoms with Gasteiger partial charge in [-0.3, -0.25) is 0 Å². The second-order valence-corrected chi connectivity index (χ2v) is 6.65. The van der Waals surface area contributed by atoms with Crippen LogP contribution in [-0.2, 0) is 0 Å². The number of thiophene rings is 1. The van der Waals surface area contributed by atoms with E-state index >= 15 is 0 Å². The van der Waals surface area contributed by atoms with Gasteiger partial charge in [0.05, 0.1) is 18.5 Å². The van der Waals surface area contributed by atoms with Gasteiger partial charge in [0.1, 0.15) is 17.0 Å². The predicted molar refractivity (Wildman–Crippen MR) is 91.9 cm³/mol. The molecule has 0 amide bonds. The number of aromatic nitrogens is 2. The number of hydrogen-bond donors (Lipinski definition) is 1. The number of methoxy groups -OCH3 is 1. The van der Waals surface area contributed by atoms with Crippen LogP contribution in [0.5, 0.6) is 5.75 Å². The van der Waals surface area contributed by atoms with E-state index in [1.54, 1.807) is 23.7 Å². The molecular formula is C17H18FN3OS. The number of aryl methyl sites for hydroxylation is 2. The minimum absolute atomic E-state index is 0.0897. The van der Waals surface area contributed by atoms with E-state index in [1.807, 2.05) is 13.0 Å². The Labute approximate surface area is 138 Å². The van der Waals surface area contributed by atoms with Crippen LogP contribution in [0.1, 0.15) is 29.0 Å². The molecule has 0 aliphatic heterocycles. The Morgan fingerprint density at radius 2 is 2.04 bits per heavy atom. The molecule has 1 aromatic carbocycles. The van der Waals surface area contributed by atoms with Crippen molar-refractivity contribution in [3.63, 3.8) is 0 Å². The zero-order valence-corrected chi connectivity index (χ0v) is 14.3. The predicted octanol–water partition coefficient (Wildman–Crippen LogP) is 4.63. The fourth-order valence-corrected chi connectivity index (χ4v) is 3.53. The highest BCUT2D eigenvalue weighted by Gasteiger charge is 2.15. The fraction of sp³-hybridized carbons (Fsp3) is 0.294. The maximum atomic E-state index is 13.9. The van der Waals surface area contributed by atoms with Crippen LogP contribution in [0.4, 0.5) is 10.2 Å². The number of rotatable bonds is 4. The second kappa shape index (κ2) is 6.12. The molecule has 0 saturated heterocycles. The Kier molecular flexibility index (Phi) is 4.17. The Morgan fingerprint density at radius 1 is 1.26 bits per heavy atom. The van der Waals surface area contributed by atoms with Crippen LogP contribution in [0, 0.1) is 19.7 Å². The summed E-state index contributed by atoms with van der Waals surface area (Å²) in [5.74, 6) is 0.657. The molecule has 0 radical (unpaired) electrons. The summed E-state index contributed by atoms with van der Waals surface area (Å²) in [4.78, 5) is 10.9. The zero-order chi connectivity index (χ0) is 16.6. The van der Waals surface area contributed by atoms with E-state index < -0.39 is 0 Å². The lowest BCUT2D eigenvalue weighted by atomic mass is 10.1. The van der Waals surface area contributed by atoms with Crippen molar-refractivity contribution in [1.82, 2.24) is 9.97 Å². The van der Waals surface area contributed by atoms with E-state index in [-0.39, 0.29) is 17.6 Å². The number of fused-ring (bicyclic) bond motifs is 1. The molecule has 2 heterocycles. The van der Waals surface area contributed by atoms with E-state index in [4.69, 9.17) is 4.74 Å². The third-order valence-corrected chi connectivity index (χ3v) is 5.11. The summed E-state index contributed by atoms with van der Waals surface area (Å²) in [6.45, 7) is 6.12. The van der Waals surface area contributed by atoms with Crippen LogP contribution in [0.2, 0.25) is 0 Å². The third-order valence-electron chi connectivity index (χ3n) is 3.99. The summed E-state index contributed by atoms with van der Waals surface area (Å²) in [7, 11) is 1.46. The van der Waals surface area contributed by atoms with E-state index in [0.717, 1.165) is 21.6 Å². The average molecular weight is 331 g/mol. The zero-order valence-electron chi connectivity index (χ0n) is 13.5. The number of halogens is 1. The molecule has 0 aliphatic carbocycles. The monoisotopic (exact) mass is 331 g/mol. The molecule has 4 nitrogen and oxygen atoms in total. The lowest BCUT2D eigenvalue weighted by molar-refractivity contribution is 0.386. The van der Waals surface area contributed by atoms with Crippen LogP contribution in [0.25, 0.3) is 10.2 Å². The van der Waals surface area contributed by atoms with E-state index in [0.29, 0.717) is 0 Å². The van der Waals surface area contributed by atoms with Crippen molar-refractivity contribution in [2.24, 2.45) is 0 Å². The standard InChI is InChI=1S/C17H18FN3OS/c1-9-11(3)23-17-15(9)16(19-8-20-17)21-10(2)12-5-6-14(22-4)13(18)7-12/h5-8,10H,1-4H3,(H,19,20,21)/t10-/m0/s1. The number of ether oxygens (including phenoxy) is 1. The van der Waals surface area contributed by atoms with Gasteiger partial charge in [-0.2, -0.15) is 0 Å². The molecular weight excluding hydrogens is 313 g/mol. The topological polar surface area (TPSA) is 47.0 Å². The fourth-order valence-electron chi connectivity index (χ4n) is 2.53. The molecule has 1 N–H and O–H groups in total. The molecule has 1 atom stereocenters. The minimum Gasteiger partial charge on any atom is -0.494 e. The van der Waals surface area contributed by atoms with Crippen molar-refractivity contribution in [2.75, 3.05) is 12.4 Å². The maximum absolute atomic E-state index is 13.9. The average Bonchev–Trinajstić information content (AvgIpc) is 2.83. The molecule has 3 aromatic rings. The molecule has 0 aliphatic rings. The summed E-state index contributed by atoms with van der Waals surface area (Å²) >= 11 is 1.66. The van der Waals surface area contributed by atoms with Crippen molar-refractivity contribution in [1.29, 1.82) is 0 Å². The Morgan fingerprint density at radius 3 is 2.74 bits per heavy atom. The first-order valence-corrected chi connectivity index (χ1v) is 8.13. The SMILES string of the molecule is COc1ccc([C@H](C)Nc2ncnc3sc(C)c(C)c23)cc1F. The molecule has 0 saturated carbocycles. The number of hydrogen-bond acceptors (Lipinski definition) is 5. The van der Waals surface area contributed by atoms with Gasteiger partial charge in [-0.15, -0.1) is 11.3 Å². The molecule has 3 rings (SSSR count). The molecule has 2 aromatic heterocycles. The number of anilines is 1. The van der Waals surface area contributed by atoms with Crippen LogP contribution in [0.15, 0.2) is 24.5 Å². The van der Waals surface area contributed by atoms with Crippen molar-refractivity contribution in [2.45, 2.75) is 26.8 Å². The van der Waals surface area contributed by atoms with Gasteiger partial charge in [-0.05, 0) is 44.0 Å². The van der Waals surface area contributed by atoms with Gasteiger partial charge in [-0.1, -0.05) is 6.07 Å². The highest BCUT2D eigenvalue weighted by Crippen LogP contribution is 2.34. The van der Waals surface area contributed by atoms with Gasteiger partial charge in [0.25, 0.3) is 0 Å². The van der Waals surface area contributed by atoms with E-state index in [9.17, 15) is 4.39 Å². The Balaban J connectivity index is 1.94. The summed E-state index contributed by atoms with van der Waals surface area (Å²) in [5, 5.41) is 4.41. The van der Waals surface area contributed by atoms with Crippen molar-refractivity contribution >= 4 is 27.4 Å². The van der Waals surface area contributed by atoms with Crippen LogP contribution < -0.4 is 10.1 Å². The first kappa shape index (κ1) is 15.7. The van der Waals surface area contributed by atoms with Crippen molar-refractivity contribution in [3.05, 3.63) is 46.3 Å². The molecule has 0 fully saturated rings. The van der Waals surface area contributed by atoms with Crippen molar-refractivity contribution < 1.29 is 9.13 Å². The molecule has 0 bridgehead atoms. The first-order valence-electron chi connectivity index (χ1n) is 7.32. The first-order chi connectivity index (χ1) is 11.0. The van der Waals surface area contributed by atoms with Crippen LogP contribution in [-0.4, -0.2) is 17.1 Å². The van der Waals surface area contributed by atoms with E-state index in [1.165, 1.54) is 23.6 Å². The third kappa shape index (κ3) is 2.86. The van der Waals surface area contributed by atoms with Crippen LogP contribution in [0.3, 0.4) is 0 Å². The van der Waals surface area contributed by atoms with Gasteiger partial charge in [0.2, 0.25) is 0 Å². The van der Waals surface area contributed by atoms with Gasteiger partial charge in [0, 0.05) is 4.88 Å². The smallest absolute Gasteiger partial charge is 0.165 e. The molecule has 23 heavy (non-hydrogen) atoms. The molecule has 6 heteroatoms.